The van der Waals surface area contributed by atoms with Gasteiger partial charge in [0.25, 0.3) is 11.5 Å². The lowest BCUT2D eigenvalue weighted by Gasteiger charge is -2.21. The highest BCUT2D eigenvalue weighted by atomic mass is 19.4. The molecule has 27 heavy (non-hydrogen) atoms. The molecule has 0 aliphatic heterocycles. The Bertz CT molecular complexity index is 1070. The third-order valence-corrected chi connectivity index (χ3v) is 4.43. The molecule has 1 amide bonds. The summed E-state index contributed by atoms with van der Waals surface area (Å²) >= 11 is 0. The van der Waals surface area contributed by atoms with Gasteiger partial charge >= 0.3 is 6.18 Å². The van der Waals surface area contributed by atoms with Crippen LogP contribution in [0.2, 0.25) is 0 Å². The molecule has 0 fully saturated rings. The highest BCUT2D eigenvalue weighted by Gasteiger charge is 2.34. The van der Waals surface area contributed by atoms with E-state index >= 15 is 0 Å². The Labute approximate surface area is 151 Å². The van der Waals surface area contributed by atoms with E-state index in [4.69, 9.17) is 5.21 Å². The molecule has 0 radical (unpaired) electrons. The smallest absolute Gasteiger partial charge is 0.308 e. The molecule has 0 aliphatic carbocycles. The molecule has 2 aromatic carbocycles. The molecule has 0 saturated heterocycles. The molecule has 1 unspecified atom stereocenters. The van der Waals surface area contributed by atoms with Crippen molar-refractivity contribution in [1.29, 1.82) is 0 Å². The van der Waals surface area contributed by atoms with Gasteiger partial charge in [-0.05, 0) is 42.1 Å². The summed E-state index contributed by atoms with van der Waals surface area (Å²) in [7, 11) is 0. The van der Waals surface area contributed by atoms with Gasteiger partial charge in [0.1, 0.15) is 0 Å². The van der Waals surface area contributed by atoms with Crippen LogP contribution in [0.3, 0.4) is 0 Å². The predicted octanol–water partition coefficient (Wildman–Crippen LogP) is 3.75. The summed E-state index contributed by atoms with van der Waals surface area (Å²) in [5, 5.41) is 9.43. The summed E-state index contributed by atoms with van der Waals surface area (Å²) in [4.78, 5) is 24.4. The number of nitrogens with zero attached hydrogens (tertiary/aromatic N) is 1. The summed E-state index contributed by atoms with van der Waals surface area (Å²) in [5.41, 5.74) is 0.162. The molecule has 5 nitrogen and oxygen atoms in total. The molecule has 0 saturated carbocycles. The largest absolute Gasteiger partial charge is 0.416 e. The highest BCUT2D eigenvalue weighted by molar-refractivity contribution is 5.97. The van der Waals surface area contributed by atoms with Crippen LogP contribution < -0.4 is 11.0 Å². The quantitative estimate of drug-likeness (QED) is 0.540. The molecule has 0 bridgehead atoms. The van der Waals surface area contributed by atoms with Crippen molar-refractivity contribution in [2.24, 2.45) is 0 Å². The van der Waals surface area contributed by atoms with Crippen LogP contribution in [0.5, 0.6) is 0 Å². The van der Waals surface area contributed by atoms with E-state index in [-0.39, 0.29) is 16.5 Å². The van der Waals surface area contributed by atoms with Crippen LogP contribution in [0.15, 0.2) is 59.5 Å². The molecule has 1 atom stereocenters. The Morgan fingerprint density at radius 2 is 1.85 bits per heavy atom. The van der Waals surface area contributed by atoms with Crippen molar-refractivity contribution in [1.82, 2.24) is 10.0 Å². The number of carbonyl (C=O) groups excluding carboxylic acids is 1. The fraction of sp³-hybridized carbons (Fsp3) is 0.158. The van der Waals surface area contributed by atoms with Crippen molar-refractivity contribution in [3.05, 3.63) is 81.8 Å². The van der Waals surface area contributed by atoms with E-state index in [9.17, 15) is 22.8 Å². The number of rotatable bonds is 3. The standard InChI is InChI=1S/C19H15F3N2O3/c1-11(14-4-2-3-5-16(14)19(20,21)22)24-9-8-12-6-7-13(17(25)23-27)10-15(12)18(24)26/h2-11,27H,1H3,(H,23,25). The van der Waals surface area contributed by atoms with Crippen LogP contribution in [0.25, 0.3) is 10.8 Å². The fourth-order valence-electron chi connectivity index (χ4n) is 3.03. The first-order valence-corrected chi connectivity index (χ1v) is 7.99. The number of nitrogens with one attached hydrogen (secondary N) is 1. The molecule has 3 aromatic rings. The summed E-state index contributed by atoms with van der Waals surface area (Å²) in [5.74, 6) is -0.790. The van der Waals surface area contributed by atoms with Crippen LogP contribution in [-0.4, -0.2) is 15.7 Å². The van der Waals surface area contributed by atoms with Gasteiger partial charge in [-0.1, -0.05) is 24.3 Å². The maximum absolute atomic E-state index is 13.3. The number of pyridine rings is 1. The molecule has 8 heteroatoms. The molecule has 140 valence electrons. The molecular formula is C19H15F3N2O3. The zero-order valence-electron chi connectivity index (χ0n) is 14.1. The normalized spacial score (nSPS) is 12.8. The number of fused-ring (bicyclic) bond motifs is 1. The topological polar surface area (TPSA) is 71.3 Å². The van der Waals surface area contributed by atoms with Crippen LogP contribution in [0.1, 0.15) is 34.5 Å². The van der Waals surface area contributed by atoms with Crippen LogP contribution in [-0.2, 0) is 6.18 Å². The number of hydroxylamine groups is 1. The van der Waals surface area contributed by atoms with E-state index in [1.807, 2.05) is 0 Å². The number of hydrogen-bond acceptors (Lipinski definition) is 3. The number of halogens is 3. The van der Waals surface area contributed by atoms with E-state index in [0.29, 0.717) is 5.39 Å². The first kappa shape index (κ1) is 18.7. The second-order valence-corrected chi connectivity index (χ2v) is 6.03. The number of hydrogen-bond donors (Lipinski definition) is 2. The van der Waals surface area contributed by atoms with E-state index in [0.717, 1.165) is 6.07 Å². The Balaban J connectivity index is 2.17. The van der Waals surface area contributed by atoms with Gasteiger partial charge in [-0.2, -0.15) is 13.2 Å². The maximum Gasteiger partial charge on any atom is 0.416 e. The van der Waals surface area contributed by atoms with Gasteiger partial charge in [0.15, 0.2) is 0 Å². The van der Waals surface area contributed by atoms with Crippen LogP contribution in [0.4, 0.5) is 13.2 Å². The monoisotopic (exact) mass is 376 g/mol. The first-order valence-electron chi connectivity index (χ1n) is 7.99. The third kappa shape index (κ3) is 3.43. The number of benzene rings is 2. The van der Waals surface area contributed by atoms with E-state index in [2.05, 4.69) is 0 Å². The minimum absolute atomic E-state index is 0.0318. The third-order valence-electron chi connectivity index (χ3n) is 4.43. The van der Waals surface area contributed by atoms with E-state index in [1.165, 1.54) is 59.6 Å². The SMILES string of the molecule is CC(c1ccccc1C(F)(F)F)n1ccc2ccc(C(=O)NO)cc2c1=O. The Kier molecular flexibility index (Phi) is 4.75. The lowest BCUT2D eigenvalue weighted by Crippen LogP contribution is -2.26. The van der Waals surface area contributed by atoms with Gasteiger partial charge in [-0.25, -0.2) is 5.48 Å². The van der Waals surface area contributed by atoms with Gasteiger partial charge in [0, 0.05) is 17.1 Å². The van der Waals surface area contributed by atoms with Gasteiger partial charge in [-0.15, -0.1) is 0 Å². The van der Waals surface area contributed by atoms with Crippen molar-refractivity contribution in [2.45, 2.75) is 19.1 Å². The number of amides is 1. The Hall–Kier alpha value is -3.13. The number of alkyl halides is 3. The van der Waals surface area contributed by atoms with Crippen molar-refractivity contribution >= 4 is 16.7 Å². The predicted molar refractivity (Wildman–Crippen MR) is 92.7 cm³/mol. The highest BCUT2D eigenvalue weighted by Crippen LogP contribution is 2.35. The molecule has 1 heterocycles. The van der Waals surface area contributed by atoms with Crippen molar-refractivity contribution < 1.29 is 23.2 Å². The number of aromatic nitrogens is 1. The Morgan fingerprint density at radius 3 is 2.52 bits per heavy atom. The van der Waals surface area contributed by atoms with E-state index < -0.39 is 29.2 Å². The summed E-state index contributed by atoms with van der Waals surface area (Å²) in [6.07, 6.45) is -3.12. The fourth-order valence-corrected chi connectivity index (χ4v) is 3.03. The molecule has 1 aromatic heterocycles. The van der Waals surface area contributed by atoms with Gasteiger partial charge in [0.05, 0.1) is 11.6 Å². The van der Waals surface area contributed by atoms with Crippen molar-refractivity contribution in [3.63, 3.8) is 0 Å². The minimum atomic E-state index is -4.54. The molecule has 0 aliphatic rings. The molecule has 2 N–H and O–H groups in total. The van der Waals surface area contributed by atoms with Gasteiger partial charge in [0.2, 0.25) is 0 Å². The van der Waals surface area contributed by atoms with Crippen LogP contribution in [0, 0.1) is 0 Å². The zero-order valence-corrected chi connectivity index (χ0v) is 14.1. The second-order valence-electron chi connectivity index (χ2n) is 6.03. The zero-order chi connectivity index (χ0) is 19.8. The average Bonchev–Trinajstić information content (AvgIpc) is 2.66. The minimum Gasteiger partial charge on any atom is -0.308 e. The van der Waals surface area contributed by atoms with E-state index in [1.54, 1.807) is 6.07 Å². The van der Waals surface area contributed by atoms with Crippen molar-refractivity contribution in [3.8, 4) is 0 Å². The molecular weight excluding hydrogens is 361 g/mol. The van der Waals surface area contributed by atoms with Crippen LogP contribution >= 0.6 is 0 Å². The summed E-state index contributed by atoms with van der Waals surface area (Å²) in [6.45, 7) is 1.50. The summed E-state index contributed by atoms with van der Waals surface area (Å²) < 4.78 is 41.1. The average molecular weight is 376 g/mol. The van der Waals surface area contributed by atoms with Gasteiger partial charge in [-0.3, -0.25) is 14.8 Å². The lowest BCUT2D eigenvalue weighted by atomic mass is 10.00. The molecule has 0 spiro atoms. The maximum atomic E-state index is 13.3. The summed E-state index contributed by atoms with van der Waals surface area (Å²) in [6, 6.07) is 10.0. The van der Waals surface area contributed by atoms with Crippen molar-refractivity contribution in [2.75, 3.05) is 0 Å². The Morgan fingerprint density at radius 1 is 1.15 bits per heavy atom. The lowest BCUT2D eigenvalue weighted by molar-refractivity contribution is -0.138. The molecule has 3 rings (SSSR count). The van der Waals surface area contributed by atoms with Gasteiger partial charge < -0.3 is 4.57 Å². The second kappa shape index (κ2) is 6.88. The number of carbonyl (C=O) groups is 1. The first-order chi connectivity index (χ1) is 12.7.